The number of hydrogen-bond donors (Lipinski definition) is 0. The van der Waals surface area contributed by atoms with Gasteiger partial charge in [0.25, 0.3) is 0 Å². The Balaban J connectivity index is 2.16. The van der Waals surface area contributed by atoms with Crippen molar-refractivity contribution in [3.8, 4) is 0 Å². The van der Waals surface area contributed by atoms with Crippen LogP contribution in [-0.2, 0) is 0 Å². The lowest BCUT2D eigenvalue weighted by Gasteiger charge is -2.14. The average molecular weight is 268 g/mol. The van der Waals surface area contributed by atoms with E-state index in [4.69, 9.17) is 4.52 Å². The number of carbonyl (C=O) groups is 1. The Labute approximate surface area is 106 Å². The molecular formula is C12H10F2N2O3. The molecule has 1 amide bonds. The Morgan fingerprint density at radius 2 is 1.79 bits per heavy atom. The zero-order valence-electron chi connectivity index (χ0n) is 9.86. The van der Waals surface area contributed by atoms with Crippen molar-refractivity contribution >= 4 is 16.9 Å². The largest absolute Gasteiger partial charge is 0.366 e. The topological polar surface area (TPSA) is 55.5 Å². The second-order valence-corrected chi connectivity index (χ2v) is 4.43. The number of aromatic nitrogens is 1. The molecule has 0 saturated carbocycles. The van der Waals surface area contributed by atoms with Gasteiger partial charge in [-0.2, -0.15) is 0 Å². The van der Waals surface area contributed by atoms with E-state index in [1.54, 1.807) is 0 Å². The van der Waals surface area contributed by atoms with Crippen LogP contribution in [0.2, 0.25) is 0 Å². The molecule has 7 heteroatoms. The normalized spacial score (nSPS) is 15.4. The van der Waals surface area contributed by atoms with Gasteiger partial charge in [-0.25, -0.2) is 18.4 Å². The van der Waals surface area contributed by atoms with Crippen LogP contribution in [-0.4, -0.2) is 28.8 Å². The third-order valence-corrected chi connectivity index (χ3v) is 3.20. The van der Waals surface area contributed by atoms with Crippen LogP contribution in [0.4, 0.5) is 13.6 Å². The van der Waals surface area contributed by atoms with Crippen LogP contribution in [0, 0.1) is 11.6 Å². The molecule has 1 aliphatic heterocycles. The Kier molecular flexibility index (Phi) is 2.62. The molecule has 0 bridgehead atoms. The second kappa shape index (κ2) is 4.18. The van der Waals surface area contributed by atoms with Gasteiger partial charge in [0.15, 0.2) is 11.6 Å². The van der Waals surface area contributed by atoms with Crippen LogP contribution >= 0.6 is 0 Å². The molecular weight excluding hydrogens is 258 g/mol. The highest BCUT2D eigenvalue weighted by atomic mass is 19.2. The van der Waals surface area contributed by atoms with Crippen molar-refractivity contribution in [1.29, 1.82) is 0 Å². The summed E-state index contributed by atoms with van der Waals surface area (Å²) < 4.78 is 31.8. The molecule has 19 heavy (non-hydrogen) atoms. The fourth-order valence-electron chi connectivity index (χ4n) is 2.23. The zero-order valence-corrected chi connectivity index (χ0v) is 9.86. The molecule has 0 radical (unpaired) electrons. The van der Waals surface area contributed by atoms with Crippen LogP contribution in [0.1, 0.15) is 12.8 Å². The summed E-state index contributed by atoms with van der Waals surface area (Å²) >= 11 is 0. The highest BCUT2D eigenvalue weighted by Gasteiger charge is 2.24. The van der Waals surface area contributed by atoms with Gasteiger partial charge in [-0.15, -0.1) is 4.74 Å². The molecule has 100 valence electrons. The lowest BCUT2D eigenvalue weighted by Crippen LogP contribution is -2.31. The van der Waals surface area contributed by atoms with Gasteiger partial charge in [0.05, 0.1) is 5.39 Å². The summed E-state index contributed by atoms with van der Waals surface area (Å²) in [6.45, 7) is 1.12. The van der Waals surface area contributed by atoms with E-state index in [0.29, 0.717) is 13.1 Å². The number of rotatable bonds is 0. The molecule has 0 spiro atoms. The number of fused-ring (bicyclic) bond motifs is 1. The molecule has 1 aromatic heterocycles. The molecule has 1 aromatic carbocycles. The first-order valence-electron chi connectivity index (χ1n) is 5.88. The molecule has 1 aliphatic rings. The first kappa shape index (κ1) is 11.9. The van der Waals surface area contributed by atoms with Crippen LogP contribution in [0.3, 0.4) is 0 Å². The molecule has 0 N–H and O–H groups in total. The molecule has 5 nitrogen and oxygen atoms in total. The van der Waals surface area contributed by atoms with Crippen molar-refractivity contribution in [3.05, 3.63) is 34.2 Å². The maximum Gasteiger partial charge on any atom is 0.366 e. The van der Waals surface area contributed by atoms with Crippen LogP contribution in [0.5, 0.6) is 0 Å². The number of hydrogen-bond acceptors (Lipinski definition) is 3. The number of nitrogens with zero attached hydrogens (tertiary/aromatic N) is 2. The van der Waals surface area contributed by atoms with Crippen molar-refractivity contribution in [1.82, 2.24) is 9.64 Å². The molecule has 0 unspecified atom stereocenters. The van der Waals surface area contributed by atoms with Gasteiger partial charge in [-0.3, -0.25) is 0 Å². The third kappa shape index (κ3) is 1.81. The summed E-state index contributed by atoms with van der Waals surface area (Å²) in [5, 5.41) is -0.147. The highest BCUT2D eigenvalue weighted by Crippen LogP contribution is 2.18. The number of amides is 1. The predicted octanol–water partition coefficient (Wildman–Crippen LogP) is 1.94. The van der Waals surface area contributed by atoms with Gasteiger partial charge in [-0.05, 0) is 18.9 Å². The van der Waals surface area contributed by atoms with Crippen molar-refractivity contribution in [2.24, 2.45) is 0 Å². The number of benzene rings is 1. The van der Waals surface area contributed by atoms with E-state index in [2.05, 4.69) is 0 Å². The monoisotopic (exact) mass is 268 g/mol. The highest BCUT2D eigenvalue weighted by molar-refractivity contribution is 5.89. The summed E-state index contributed by atoms with van der Waals surface area (Å²) in [7, 11) is 0. The van der Waals surface area contributed by atoms with Crippen LogP contribution in [0.25, 0.3) is 10.9 Å². The predicted molar refractivity (Wildman–Crippen MR) is 62.0 cm³/mol. The van der Waals surface area contributed by atoms with Gasteiger partial charge in [0.2, 0.25) is 0 Å². The first-order chi connectivity index (χ1) is 9.08. The minimum absolute atomic E-state index is 0.0548. The SMILES string of the molecule is O=C(N1CCCC1)n1oc(=O)c2cc(F)c(F)cc21. The van der Waals surface area contributed by atoms with Crippen molar-refractivity contribution in [3.63, 3.8) is 0 Å². The maximum absolute atomic E-state index is 13.2. The fourth-order valence-corrected chi connectivity index (χ4v) is 2.23. The van der Waals surface area contributed by atoms with Crippen molar-refractivity contribution in [2.45, 2.75) is 12.8 Å². The number of likely N-dealkylation sites (tertiary alicyclic amines) is 1. The quantitative estimate of drug-likeness (QED) is 0.733. The number of halogens is 2. The van der Waals surface area contributed by atoms with E-state index in [9.17, 15) is 18.4 Å². The van der Waals surface area contributed by atoms with Crippen LogP contribution < -0.4 is 5.63 Å². The third-order valence-electron chi connectivity index (χ3n) is 3.20. The Morgan fingerprint density at radius 1 is 1.16 bits per heavy atom. The van der Waals surface area contributed by atoms with E-state index in [1.165, 1.54) is 4.90 Å². The molecule has 1 saturated heterocycles. The van der Waals surface area contributed by atoms with Crippen LogP contribution in [0.15, 0.2) is 21.5 Å². The van der Waals surface area contributed by atoms with Gasteiger partial charge in [0, 0.05) is 19.2 Å². The first-order valence-corrected chi connectivity index (χ1v) is 5.88. The zero-order chi connectivity index (χ0) is 13.6. The van der Waals surface area contributed by atoms with E-state index >= 15 is 0 Å². The fraction of sp³-hybridized carbons (Fsp3) is 0.333. The van der Waals surface area contributed by atoms with Crippen molar-refractivity contribution < 1.29 is 18.1 Å². The molecule has 2 heterocycles. The van der Waals surface area contributed by atoms with Gasteiger partial charge >= 0.3 is 11.7 Å². The lowest BCUT2D eigenvalue weighted by atomic mass is 10.2. The standard InChI is InChI=1S/C12H10F2N2O3/c13-8-5-7-10(6-9(8)14)16(19-11(7)17)12(18)15-3-1-2-4-15/h5-6H,1-4H2. The Hall–Kier alpha value is -2.18. The smallest absolute Gasteiger partial charge is 0.326 e. The summed E-state index contributed by atoms with van der Waals surface area (Å²) in [4.78, 5) is 25.1. The molecule has 2 aromatic rings. The maximum atomic E-state index is 13.2. The second-order valence-electron chi connectivity index (χ2n) is 4.43. The average Bonchev–Trinajstić information content (AvgIpc) is 3.00. The summed E-state index contributed by atoms with van der Waals surface area (Å²) in [5.74, 6) is -2.28. The summed E-state index contributed by atoms with van der Waals surface area (Å²) in [6.07, 6.45) is 1.75. The van der Waals surface area contributed by atoms with Gasteiger partial charge in [-0.1, -0.05) is 0 Å². The van der Waals surface area contributed by atoms with E-state index in [0.717, 1.165) is 29.7 Å². The Bertz CT molecular complexity index is 714. The van der Waals surface area contributed by atoms with E-state index in [1.807, 2.05) is 0 Å². The lowest BCUT2D eigenvalue weighted by molar-refractivity contribution is 0.178. The van der Waals surface area contributed by atoms with Gasteiger partial charge < -0.3 is 9.42 Å². The van der Waals surface area contributed by atoms with E-state index < -0.39 is 23.3 Å². The minimum Gasteiger partial charge on any atom is -0.326 e. The van der Waals surface area contributed by atoms with Crippen molar-refractivity contribution in [2.75, 3.05) is 13.1 Å². The Morgan fingerprint density at radius 3 is 2.47 bits per heavy atom. The number of carbonyl (C=O) groups excluding carboxylic acids is 1. The summed E-state index contributed by atoms with van der Waals surface area (Å²) in [6, 6.07) is 1.00. The molecule has 1 fully saturated rings. The molecule has 3 rings (SSSR count). The molecule has 0 atom stereocenters. The minimum atomic E-state index is -1.15. The van der Waals surface area contributed by atoms with Gasteiger partial charge in [0.1, 0.15) is 5.52 Å². The molecule has 0 aliphatic carbocycles. The summed E-state index contributed by atoms with van der Waals surface area (Å²) in [5.41, 5.74) is -0.915. The van der Waals surface area contributed by atoms with E-state index in [-0.39, 0.29) is 10.9 Å².